The number of carbonyl (C=O) groups is 2. The van der Waals surface area contributed by atoms with Gasteiger partial charge in [-0.15, -0.1) is 0 Å². The lowest BCUT2D eigenvalue weighted by molar-refractivity contribution is 0.0690. The van der Waals surface area contributed by atoms with Crippen LogP contribution < -0.4 is 5.32 Å². The number of phenolic OH excluding ortho intramolecular Hbond substituents is 1. The Bertz CT molecular complexity index is 665. The van der Waals surface area contributed by atoms with Gasteiger partial charge < -0.3 is 15.5 Å². The molecule has 3 N–H and O–H groups in total. The van der Waals surface area contributed by atoms with Crippen molar-refractivity contribution in [3.05, 3.63) is 53.3 Å². The Kier molecular flexibility index (Phi) is 3.65. The lowest BCUT2D eigenvalue weighted by Gasteiger charge is -2.08. The van der Waals surface area contributed by atoms with E-state index < -0.39 is 11.9 Å². The van der Waals surface area contributed by atoms with E-state index in [9.17, 15) is 14.7 Å². The van der Waals surface area contributed by atoms with Gasteiger partial charge in [-0.25, -0.2) is 9.78 Å². The molecule has 0 atom stereocenters. The predicted octanol–water partition coefficient (Wildman–Crippen LogP) is 2.05. The van der Waals surface area contributed by atoms with Gasteiger partial charge in [0.2, 0.25) is 0 Å². The van der Waals surface area contributed by atoms with Crippen molar-refractivity contribution in [2.75, 3.05) is 5.32 Å². The molecule has 2 rings (SSSR count). The fraction of sp³-hybridized carbons (Fsp3) is 0.0714. The monoisotopic (exact) mass is 272 g/mol. The summed E-state index contributed by atoms with van der Waals surface area (Å²) < 4.78 is 0. The molecule has 0 bridgehead atoms. The van der Waals surface area contributed by atoms with Gasteiger partial charge in [0.25, 0.3) is 5.91 Å². The standard InChI is InChI=1S/C14H12N2O4/c1-8-3-2-4-10(12(8)17)13(18)16-9-5-6-11(14(19)20)15-7-9/h2-7,17H,1H3,(H,16,18)(H,19,20). The fourth-order valence-electron chi connectivity index (χ4n) is 1.63. The van der Waals surface area contributed by atoms with E-state index in [1.807, 2.05) is 0 Å². The highest BCUT2D eigenvalue weighted by atomic mass is 16.4. The summed E-state index contributed by atoms with van der Waals surface area (Å²) >= 11 is 0. The summed E-state index contributed by atoms with van der Waals surface area (Å²) in [7, 11) is 0. The Morgan fingerprint density at radius 1 is 1.20 bits per heavy atom. The first kappa shape index (κ1) is 13.5. The number of aromatic hydroxyl groups is 1. The van der Waals surface area contributed by atoms with Crippen LogP contribution >= 0.6 is 0 Å². The Morgan fingerprint density at radius 2 is 1.95 bits per heavy atom. The van der Waals surface area contributed by atoms with Crippen molar-refractivity contribution in [1.82, 2.24) is 4.98 Å². The van der Waals surface area contributed by atoms with Crippen molar-refractivity contribution in [1.29, 1.82) is 0 Å². The summed E-state index contributed by atoms with van der Waals surface area (Å²) in [4.78, 5) is 26.3. The van der Waals surface area contributed by atoms with E-state index >= 15 is 0 Å². The SMILES string of the molecule is Cc1cccc(C(=O)Nc2ccc(C(=O)O)nc2)c1O. The van der Waals surface area contributed by atoms with E-state index in [0.29, 0.717) is 11.3 Å². The summed E-state index contributed by atoms with van der Waals surface area (Å²) in [5, 5.41) is 21.1. The minimum absolute atomic E-state index is 0.0832. The van der Waals surface area contributed by atoms with Crippen LogP contribution in [0, 0.1) is 6.92 Å². The molecule has 0 saturated heterocycles. The average molecular weight is 272 g/mol. The maximum Gasteiger partial charge on any atom is 0.354 e. The van der Waals surface area contributed by atoms with Gasteiger partial charge in [0.05, 0.1) is 17.4 Å². The molecule has 0 unspecified atom stereocenters. The molecular weight excluding hydrogens is 260 g/mol. The summed E-state index contributed by atoms with van der Waals surface area (Å²) in [6, 6.07) is 7.57. The van der Waals surface area contributed by atoms with Gasteiger partial charge in [0.15, 0.2) is 0 Å². The fourth-order valence-corrected chi connectivity index (χ4v) is 1.63. The molecule has 1 amide bonds. The Morgan fingerprint density at radius 3 is 2.55 bits per heavy atom. The zero-order valence-corrected chi connectivity index (χ0v) is 10.6. The number of para-hydroxylation sites is 1. The molecule has 1 aromatic carbocycles. The van der Waals surface area contributed by atoms with Gasteiger partial charge in [-0.1, -0.05) is 12.1 Å². The van der Waals surface area contributed by atoms with Crippen LogP contribution in [0.4, 0.5) is 5.69 Å². The molecule has 0 aliphatic carbocycles. The number of carboxylic acids is 1. The number of phenols is 1. The van der Waals surface area contributed by atoms with E-state index in [2.05, 4.69) is 10.3 Å². The maximum atomic E-state index is 12.0. The molecule has 102 valence electrons. The molecule has 0 spiro atoms. The zero-order chi connectivity index (χ0) is 14.7. The number of aromatic carboxylic acids is 1. The van der Waals surface area contributed by atoms with Crippen molar-refractivity contribution in [2.24, 2.45) is 0 Å². The lowest BCUT2D eigenvalue weighted by atomic mass is 10.1. The van der Waals surface area contributed by atoms with Gasteiger partial charge in [-0.3, -0.25) is 4.79 Å². The summed E-state index contributed by atoms with van der Waals surface area (Å²) in [6.45, 7) is 1.69. The number of nitrogens with zero attached hydrogens (tertiary/aromatic N) is 1. The summed E-state index contributed by atoms with van der Waals surface area (Å²) in [6.07, 6.45) is 1.24. The highest BCUT2D eigenvalue weighted by molar-refractivity contribution is 6.06. The van der Waals surface area contributed by atoms with Gasteiger partial charge in [0.1, 0.15) is 11.4 Å². The van der Waals surface area contributed by atoms with E-state index in [0.717, 1.165) is 0 Å². The number of hydrogen-bond acceptors (Lipinski definition) is 4. The van der Waals surface area contributed by atoms with Crippen LogP contribution in [-0.4, -0.2) is 27.1 Å². The van der Waals surface area contributed by atoms with Crippen molar-refractivity contribution >= 4 is 17.6 Å². The Balaban J connectivity index is 2.19. The number of amides is 1. The first-order valence-electron chi connectivity index (χ1n) is 5.78. The third-order valence-corrected chi connectivity index (χ3v) is 2.72. The largest absolute Gasteiger partial charge is 0.507 e. The Hall–Kier alpha value is -2.89. The molecule has 2 aromatic rings. The minimum atomic E-state index is -1.14. The molecule has 0 radical (unpaired) electrons. The number of carbonyl (C=O) groups excluding carboxylic acids is 1. The van der Waals surface area contributed by atoms with Crippen LogP contribution in [0.1, 0.15) is 26.4 Å². The second-order valence-electron chi connectivity index (χ2n) is 4.16. The van der Waals surface area contributed by atoms with E-state index in [-0.39, 0.29) is 17.0 Å². The van der Waals surface area contributed by atoms with Crippen LogP contribution in [-0.2, 0) is 0 Å². The second kappa shape index (κ2) is 5.40. The number of aryl methyl sites for hydroxylation is 1. The van der Waals surface area contributed by atoms with Crippen LogP contribution in [0.3, 0.4) is 0 Å². The highest BCUT2D eigenvalue weighted by Gasteiger charge is 2.13. The summed E-state index contributed by atoms with van der Waals surface area (Å²) in [5.41, 5.74) is 0.978. The first-order valence-corrected chi connectivity index (χ1v) is 5.78. The van der Waals surface area contributed by atoms with E-state index in [1.54, 1.807) is 19.1 Å². The molecule has 6 nitrogen and oxygen atoms in total. The molecule has 0 aliphatic heterocycles. The van der Waals surface area contributed by atoms with E-state index in [4.69, 9.17) is 5.11 Å². The van der Waals surface area contributed by atoms with Crippen molar-refractivity contribution in [3.63, 3.8) is 0 Å². The number of carboxylic acid groups (broad SMARTS) is 1. The van der Waals surface area contributed by atoms with Gasteiger partial charge in [-0.2, -0.15) is 0 Å². The number of benzene rings is 1. The number of hydrogen-bond donors (Lipinski definition) is 3. The molecule has 20 heavy (non-hydrogen) atoms. The topological polar surface area (TPSA) is 99.5 Å². The second-order valence-corrected chi connectivity index (χ2v) is 4.16. The molecule has 1 heterocycles. The van der Waals surface area contributed by atoms with Crippen LogP contribution in [0.2, 0.25) is 0 Å². The quantitative estimate of drug-likeness (QED) is 0.794. The normalized spacial score (nSPS) is 10.1. The third kappa shape index (κ3) is 2.74. The van der Waals surface area contributed by atoms with Gasteiger partial charge in [0, 0.05) is 0 Å². The molecule has 0 saturated carbocycles. The number of aromatic nitrogens is 1. The molecule has 1 aromatic heterocycles. The van der Waals surface area contributed by atoms with Crippen LogP contribution in [0.25, 0.3) is 0 Å². The van der Waals surface area contributed by atoms with Crippen LogP contribution in [0.15, 0.2) is 36.5 Å². The zero-order valence-electron chi connectivity index (χ0n) is 10.6. The number of nitrogens with one attached hydrogen (secondary N) is 1. The van der Waals surface area contributed by atoms with Crippen molar-refractivity contribution < 1.29 is 19.8 Å². The Labute approximate surface area is 114 Å². The first-order chi connectivity index (χ1) is 9.49. The molecule has 6 heteroatoms. The van der Waals surface area contributed by atoms with Crippen LogP contribution in [0.5, 0.6) is 5.75 Å². The summed E-state index contributed by atoms with van der Waals surface area (Å²) in [5.74, 6) is -1.71. The molecular formula is C14H12N2O4. The maximum absolute atomic E-state index is 12.0. The van der Waals surface area contributed by atoms with Crippen molar-refractivity contribution in [2.45, 2.75) is 6.92 Å². The predicted molar refractivity (Wildman–Crippen MR) is 72.0 cm³/mol. The van der Waals surface area contributed by atoms with Gasteiger partial charge >= 0.3 is 5.97 Å². The molecule has 0 aliphatic rings. The smallest absolute Gasteiger partial charge is 0.354 e. The average Bonchev–Trinajstić information content (AvgIpc) is 2.42. The molecule has 0 fully saturated rings. The number of anilines is 1. The minimum Gasteiger partial charge on any atom is -0.507 e. The number of pyridine rings is 1. The number of rotatable bonds is 3. The van der Waals surface area contributed by atoms with E-state index in [1.165, 1.54) is 24.4 Å². The lowest BCUT2D eigenvalue weighted by Crippen LogP contribution is -2.13. The highest BCUT2D eigenvalue weighted by Crippen LogP contribution is 2.22. The van der Waals surface area contributed by atoms with Crippen molar-refractivity contribution in [3.8, 4) is 5.75 Å². The third-order valence-electron chi connectivity index (χ3n) is 2.72. The van der Waals surface area contributed by atoms with Gasteiger partial charge in [-0.05, 0) is 30.7 Å².